The Morgan fingerprint density at radius 1 is 0.465 bits per heavy atom. The number of hydrogen-bond acceptors (Lipinski definition) is 19. The maximum atomic E-state index is 11.1. The van der Waals surface area contributed by atoms with Crippen LogP contribution in [0.1, 0.15) is 0 Å². The smallest absolute Gasteiger partial charge is 0.187 e. The molecule has 0 aliphatic carbocycles. The zero-order valence-electron chi connectivity index (χ0n) is 22.5. The molecule has 6 saturated heterocycles. The third kappa shape index (κ3) is 5.73. The van der Waals surface area contributed by atoms with Gasteiger partial charge in [-0.25, -0.2) is 0 Å². The molecule has 0 spiro atoms. The Morgan fingerprint density at radius 2 is 0.953 bits per heavy atom. The van der Waals surface area contributed by atoms with Crippen LogP contribution < -0.4 is 0 Å². The minimum Gasteiger partial charge on any atom is -0.394 e. The second-order valence-electron chi connectivity index (χ2n) is 11.4. The van der Waals surface area contributed by atoms with Gasteiger partial charge < -0.3 is 93.7 Å². The number of aliphatic hydroxyl groups excluding tert-OH is 10. The van der Waals surface area contributed by atoms with Crippen molar-refractivity contribution in [3.05, 3.63) is 0 Å². The second kappa shape index (κ2) is 12.8. The van der Waals surface area contributed by atoms with Gasteiger partial charge in [0.1, 0.15) is 97.7 Å². The quantitative estimate of drug-likeness (QED) is 0.119. The zero-order valence-corrected chi connectivity index (χ0v) is 22.5. The first kappa shape index (κ1) is 32.2. The lowest BCUT2D eigenvalue weighted by atomic mass is 9.96. The van der Waals surface area contributed by atoms with Gasteiger partial charge in [-0.3, -0.25) is 0 Å². The Kier molecular flexibility index (Phi) is 9.58. The molecule has 4 unspecified atom stereocenters. The lowest BCUT2D eigenvalue weighted by Gasteiger charge is -2.47. The van der Waals surface area contributed by atoms with E-state index in [0.29, 0.717) is 0 Å². The first-order valence-electron chi connectivity index (χ1n) is 14.0. The molecule has 43 heavy (non-hydrogen) atoms. The summed E-state index contributed by atoms with van der Waals surface area (Å²) in [6.45, 7) is -1.52. The van der Waals surface area contributed by atoms with E-state index in [0.717, 1.165) is 0 Å². The predicted molar refractivity (Wildman–Crippen MR) is 127 cm³/mol. The molecule has 0 aromatic carbocycles. The molecule has 6 heterocycles. The Bertz CT molecular complexity index is 946. The Balaban J connectivity index is 1.12. The molecule has 6 aliphatic rings. The summed E-state index contributed by atoms with van der Waals surface area (Å²) >= 11 is 0. The maximum Gasteiger partial charge on any atom is 0.187 e. The highest BCUT2D eigenvalue weighted by Gasteiger charge is 2.58. The number of aliphatic hydroxyl groups is 10. The Hall–Kier alpha value is -0.760. The van der Waals surface area contributed by atoms with Gasteiger partial charge in [0.05, 0.1) is 26.4 Å². The van der Waals surface area contributed by atoms with Crippen LogP contribution in [0.3, 0.4) is 0 Å². The molecule has 19 nitrogen and oxygen atoms in total. The zero-order chi connectivity index (χ0) is 30.7. The van der Waals surface area contributed by atoms with E-state index < -0.39 is 136 Å². The summed E-state index contributed by atoms with van der Waals surface area (Å²) in [6, 6.07) is 0. The van der Waals surface area contributed by atoms with Gasteiger partial charge in [0, 0.05) is 0 Å². The minimum atomic E-state index is -1.79. The fourth-order valence-corrected chi connectivity index (χ4v) is 6.28. The highest BCUT2D eigenvalue weighted by molar-refractivity contribution is 5.01. The van der Waals surface area contributed by atoms with Gasteiger partial charge in [-0.05, 0) is 0 Å². The molecule has 10 N–H and O–H groups in total. The largest absolute Gasteiger partial charge is 0.394 e. The van der Waals surface area contributed by atoms with E-state index in [9.17, 15) is 51.1 Å². The van der Waals surface area contributed by atoms with Crippen molar-refractivity contribution in [3.63, 3.8) is 0 Å². The topological polar surface area (TPSA) is 285 Å². The maximum absolute atomic E-state index is 11.1. The minimum absolute atomic E-state index is 0.000819. The highest BCUT2D eigenvalue weighted by Crippen LogP contribution is 2.38. The molecule has 6 rings (SSSR count). The van der Waals surface area contributed by atoms with Crippen LogP contribution in [0, 0.1) is 0 Å². The van der Waals surface area contributed by atoms with Crippen molar-refractivity contribution < 1.29 is 93.7 Å². The second-order valence-corrected chi connectivity index (χ2v) is 11.4. The summed E-state index contributed by atoms with van der Waals surface area (Å²) in [7, 11) is 0. The van der Waals surface area contributed by atoms with Crippen molar-refractivity contribution in [2.75, 3.05) is 26.4 Å². The van der Waals surface area contributed by atoms with Crippen LogP contribution in [0.25, 0.3) is 0 Å². The fourth-order valence-electron chi connectivity index (χ4n) is 6.28. The van der Waals surface area contributed by atoms with Gasteiger partial charge in [0.25, 0.3) is 0 Å². The first-order valence-corrected chi connectivity index (χ1v) is 14.0. The summed E-state index contributed by atoms with van der Waals surface area (Å²) in [5.41, 5.74) is 0. The standard InChI is InChI=1S/C24H38O19/c25-1-5-9(27)18(12(30)21(34)37-5)42-24-15(33)20-16(8(40-24)4-36-20)41-23-14(32)19(10(28)6(2-26)38-23)43-22-13(31)17-11(29)7(39-22)3-35-17/h5-34H,1-4H2/t5-,6-,7?,8?,9+,10+,11-,12-,13-,14-,15-,16-,17?,18+,19+,20?,21-,22+,23+,24+/m1/s1. The van der Waals surface area contributed by atoms with E-state index in [-0.39, 0.29) is 13.2 Å². The van der Waals surface area contributed by atoms with Crippen molar-refractivity contribution in [1.82, 2.24) is 0 Å². The lowest BCUT2D eigenvalue weighted by Crippen LogP contribution is -2.65. The van der Waals surface area contributed by atoms with Gasteiger partial charge in [-0.1, -0.05) is 0 Å². The molecule has 248 valence electrons. The molecule has 4 bridgehead atoms. The first-order chi connectivity index (χ1) is 20.5. The molecule has 6 fully saturated rings. The molecule has 0 aromatic heterocycles. The molecule has 0 amide bonds. The predicted octanol–water partition coefficient (Wildman–Crippen LogP) is -7.66. The average molecular weight is 631 g/mol. The number of rotatable bonds is 8. The van der Waals surface area contributed by atoms with Crippen molar-refractivity contribution in [1.29, 1.82) is 0 Å². The number of fused-ring (bicyclic) bond motifs is 4. The van der Waals surface area contributed by atoms with Crippen LogP contribution in [0.4, 0.5) is 0 Å². The summed E-state index contributed by atoms with van der Waals surface area (Å²) in [5, 5.41) is 103. The molecule has 0 aromatic rings. The molecule has 19 heteroatoms. The van der Waals surface area contributed by atoms with E-state index in [2.05, 4.69) is 0 Å². The van der Waals surface area contributed by atoms with Gasteiger partial charge in [0.2, 0.25) is 0 Å². The van der Waals surface area contributed by atoms with Crippen LogP contribution in [0.15, 0.2) is 0 Å². The van der Waals surface area contributed by atoms with Gasteiger partial charge in [-0.2, -0.15) is 0 Å². The van der Waals surface area contributed by atoms with E-state index >= 15 is 0 Å². The highest BCUT2D eigenvalue weighted by atomic mass is 16.8. The lowest BCUT2D eigenvalue weighted by molar-refractivity contribution is -0.372. The molecular weight excluding hydrogens is 592 g/mol. The molecule has 0 saturated carbocycles. The van der Waals surface area contributed by atoms with E-state index in [1.165, 1.54) is 0 Å². The Labute approximate surface area is 243 Å². The van der Waals surface area contributed by atoms with E-state index in [4.69, 9.17) is 42.6 Å². The summed E-state index contributed by atoms with van der Waals surface area (Å²) < 4.78 is 50.0. The summed E-state index contributed by atoms with van der Waals surface area (Å²) in [4.78, 5) is 0. The van der Waals surface area contributed by atoms with Crippen LogP contribution in [0.2, 0.25) is 0 Å². The van der Waals surface area contributed by atoms with Crippen LogP contribution in [-0.2, 0) is 42.6 Å². The number of ether oxygens (including phenoxy) is 9. The van der Waals surface area contributed by atoms with Gasteiger partial charge in [-0.15, -0.1) is 0 Å². The molecule has 20 atom stereocenters. The average Bonchev–Trinajstić information content (AvgIpc) is 3.45. The van der Waals surface area contributed by atoms with Gasteiger partial charge in [0.15, 0.2) is 25.2 Å². The molecular formula is C24H38O19. The van der Waals surface area contributed by atoms with Crippen LogP contribution >= 0.6 is 0 Å². The SMILES string of the molecule is OC[C@H]1O[C@@H](O)[C@H](O)[C@@H](O[C@@H]2OC3COC([C@@H]3O[C@@H]3O[C@H](CO)[C@H](O)[C@H](O[C@@H]4OC5COC([C@@H]5O)[C@H]4O)[C@H]3O)[C@H]2O)[C@H]1O. The van der Waals surface area contributed by atoms with Crippen LogP contribution in [-0.4, -0.2) is 200 Å². The van der Waals surface area contributed by atoms with Crippen molar-refractivity contribution in [2.24, 2.45) is 0 Å². The fraction of sp³-hybridized carbons (Fsp3) is 1.00. The van der Waals surface area contributed by atoms with Crippen LogP contribution in [0.5, 0.6) is 0 Å². The van der Waals surface area contributed by atoms with E-state index in [1.54, 1.807) is 0 Å². The van der Waals surface area contributed by atoms with Crippen molar-refractivity contribution in [3.8, 4) is 0 Å². The Morgan fingerprint density at radius 3 is 1.60 bits per heavy atom. The van der Waals surface area contributed by atoms with Gasteiger partial charge >= 0.3 is 0 Å². The summed E-state index contributed by atoms with van der Waals surface area (Å²) in [6.07, 6.45) is -27.7. The summed E-state index contributed by atoms with van der Waals surface area (Å²) in [5.74, 6) is 0. The monoisotopic (exact) mass is 630 g/mol. The normalized spacial score (nSPS) is 56.8. The van der Waals surface area contributed by atoms with Crippen molar-refractivity contribution >= 4 is 0 Å². The third-order valence-corrected chi connectivity index (χ3v) is 8.70. The van der Waals surface area contributed by atoms with Crippen molar-refractivity contribution in [2.45, 2.75) is 123 Å². The molecule has 6 aliphatic heterocycles. The number of hydrogen-bond donors (Lipinski definition) is 10. The molecule has 0 radical (unpaired) electrons. The third-order valence-electron chi connectivity index (χ3n) is 8.70. The van der Waals surface area contributed by atoms with E-state index in [1.807, 2.05) is 0 Å².